The van der Waals surface area contributed by atoms with E-state index < -0.39 is 29.3 Å². The maximum Gasteiger partial charge on any atom is 0.294 e. The van der Waals surface area contributed by atoms with Crippen LogP contribution in [0.4, 0.5) is 10.1 Å². The normalized spacial score (nSPS) is 16.4. The van der Waals surface area contributed by atoms with Crippen LogP contribution in [-0.2, 0) is 4.79 Å². The highest BCUT2D eigenvalue weighted by molar-refractivity contribution is 7.12. The number of ketones is 1. The number of benzene rings is 2. The van der Waals surface area contributed by atoms with Gasteiger partial charge in [0.2, 0.25) is 5.78 Å². The lowest BCUT2D eigenvalue weighted by molar-refractivity contribution is -0.117. The molecule has 3 aromatic rings. The van der Waals surface area contributed by atoms with Gasteiger partial charge in [-0.05, 0) is 41.8 Å². The van der Waals surface area contributed by atoms with Gasteiger partial charge in [-0.25, -0.2) is 4.39 Å². The number of Topliss-reactive ketones (excluding diaryl/α,β-unsaturated/α-hetero) is 1. The van der Waals surface area contributed by atoms with Crippen LogP contribution < -0.4 is 9.64 Å². The highest BCUT2D eigenvalue weighted by Crippen LogP contribution is 2.43. The van der Waals surface area contributed by atoms with Crippen LogP contribution in [0, 0.1) is 5.82 Å². The molecule has 4 rings (SSSR count). The average molecular weight is 409 g/mol. The third kappa shape index (κ3) is 3.19. The van der Waals surface area contributed by atoms with Crippen molar-refractivity contribution >= 4 is 28.7 Å². The van der Waals surface area contributed by atoms with Gasteiger partial charge < -0.3 is 9.84 Å². The van der Waals surface area contributed by atoms with Crippen LogP contribution in [0.15, 0.2) is 77.4 Å². The van der Waals surface area contributed by atoms with Gasteiger partial charge in [0.25, 0.3) is 5.91 Å². The number of halogens is 1. The summed E-state index contributed by atoms with van der Waals surface area (Å²) in [4.78, 5) is 27.7. The molecule has 0 radical (unpaired) electrons. The van der Waals surface area contributed by atoms with Crippen molar-refractivity contribution in [1.82, 2.24) is 0 Å². The second-order valence-corrected chi connectivity index (χ2v) is 7.31. The third-order valence-electron chi connectivity index (χ3n) is 4.75. The predicted octanol–water partition coefficient (Wildman–Crippen LogP) is 4.68. The maximum atomic E-state index is 14.7. The Morgan fingerprint density at radius 2 is 1.83 bits per heavy atom. The lowest BCUT2D eigenvalue weighted by Crippen LogP contribution is -2.31. The summed E-state index contributed by atoms with van der Waals surface area (Å²) in [6.45, 7) is 0. The fraction of sp³-hybridized carbons (Fsp3) is 0.0909. The molecule has 5 nitrogen and oxygen atoms in total. The largest absolute Gasteiger partial charge is 0.503 e. The minimum Gasteiger partial charge on any atom is -0.503 e. The van der Waals surface area contributed by atoms with Gasteiger partial charge in [0.05, 0.1) is 23.6 Å². The van der Waals surface area contributed by atoms with Crippen LogP contribution >= 0.6 is 11.3 Å². The molecular formula is C22H16FNO4S. The molecule has 1 aliphatic rings. The van der Waals surface area contributed by atoms with E-state index in [1.54, 1.807) is 47.8 Å². The minimum atomic E-state index is -1.09. The van der Waals surface area contributed by atoms with Gasteiger partial charge in [0, 0.05) is 11.3 Å². The zero-order chi connectivity index (χ0) is 20.5. The number of thiophene rings is 1. The van der Waals surface area contributed by atoms with E-state index in [9.17, 15) is 19.1 Å². The average Bonchev–Trinajstić information content (AvgIpc) is 3.36. The van der Waals surface area contributed by atoms with Crippen LogP contribution in [0.25, 0.3) is 0 Å². The molecule has 1 amide bonds. The second-order valence-electron chi connectivity index (χ2n) is 6.37. The Hall–Kier alpha value is -3.45. The summed E-state index contributed by atoms with van der Waals surface area (Å²) < 4.78 is 19.9. The van der Waals surface area contributed by atoms with Gasteiger partial charge in [0.1, 0.15) is 11.6 Å². The molecule has 2 aromatic carbocycles. The van der Waals surface area contributed by atoms with E-state index in [-0.39, 0.29) is 11.1 Å². The van der Waals surface area contributed by atoms with Crippen molar-refractivity contribution in [3.05, 3.63) is 93.6 Å². The van der Waals surface area contributed by atoms with Crippen LogP contribution in [0.3, 0.4) is 0 Å². The number of hydrogen-bond acceptors (Lipinski definition) is 5. The van der Waals surface area contributed by atoms with E-state index in [1.165, 1.54) is 41.5 Å². The summed E-state index contributed by atoms with van der Waals surface area (Å²) in [6, 6.07) is 14.7. The number of aliphatic hydroxyl groups excluding tert-OH is 1. The number of carbonyl (C=O) groups excluding carboxylic acids is 2. The van der Waals surface area contributed by atoms with Crippen LogP contribution in [0.1, 0.15) is 21.3 Å². The van der Waals surface area contributed by atoms with Gasteiger partial charge in [-0.3, -0.25) is 14.5 Å². The number of methoxy groups -OCH3 is 1. The number of ether oxygens (including phenoxy) is 1. The predicted molar refractivity (Wildman–Crippen MR) is 108 cm³/mol. The van der Waals surface area contributed by atoms with E-state index in [1.807, 2.05) is 0 Å². The molecule has 1 aliphatic heterocycles. The lowest BCUT2D eigenvalue weighted by Gasteiger charge is -2.27. The van der Waals surface area contributed by atoms with E-state index in [2.05, 4.69) is 0 Å². The first-order chi connectivity index (χ1) is 14.0. The number of aliphatic hydroxyl groups is 1. The zero-order valence-electron chi connectivity index (χ0n) is 15.3. The Balaban J connectivity index is 1.88. The summed E-state index contributed by atoms with van der Waals surface area (Å²) in [5, 5.41) is 12.3. The summed E-state index contributed by atoms with van der Waals surface area (Å²) in [5.41, 5.74) is 0.392. The van der Waals surface area contributed by atoms with Crippen molar-refractivity contribution in [3.8, 4) is 5.75 Å². The van der Waals surface area contributed by atoms with Gasteiger partial charge in [0.15, 0.2) is 5.76 Å². The molecule has 0 saturated heterocycles. The molecule has 0 saturated carbocycles. The molecule has 1 aromatic heterocycles. The summed E-state index contributed by atoms with van der Waals surface area (Å²) in [6.07, 6.45) is 0. The molecule has 29 heavy (non-hydrogen) atoms. The van der Waals surface area contributed by atoms with Crippen LogP contribution in [0.5, 0.6) is 5.75 Å². The number of hydrogen-bond donors (Lipinski definition) is 1. The molecule has 0 fully saturated rings. The third-order valence-corrected chi connectivity index (χ3v) is 5.62. The van der Waals surface area contributed by atoms with E-state index in [0.29, 0.717) is 16.3 Å². The molecule has 0 bridgehead atoms. The fourth-order valence-corrected chi connectivity index (χ4v) is 4.06. The first-order valence-corrected chi connectivity index (χ1v) is 9.64. The molecule has 1 unspecified atom stereocenters. The van der Waals surface area contributed by atoms with Crippen molar-refractivity contribution in [3.63, 3.8) is 0 Å². The lowest BCUT2D eigenvalue weighted by atomic mass is 9.94. The number of nitrogens with zero attached hydrogens (tertiary/aromatic N) is 1. The monoisotopic (exact) mass is 409 g/mol. The van der Waals surface area contributed by atoms with Crippen molar-refractivity contribution in [2.75, 3.05) is 12.0 Å². The number of rotatable bonds is 5. The van der Waals surface area contributed by atoms with Gasteiger partial charge in [-0.15, -0.1) is 11.3 Å². The quantitative estimate of drug-likeness (QED) is 0.622. The topological polar surface area (TPSA) is 66.8 Å². The van der Waals surface area contributed by atoms with E-state index in [4.69, 9.17) is 4.74 Å². The van der Waals surface area contributed by atoms with E-state index >= 15 is 0 Å². The molecule has 146 valence electrons. The second kappa shape index (κ2) is 7.52. The van der Waals surface area contributed by atoms with E-state index in [0.717, 1.165) is 0 Å². The van der Waals surface area contributed by atoms with Gasteiger partial charge in [-0.1, -0.05) is 24.3 Å². The van der Waals surface area contributed by atoms with Crippen LogP contribution in [0.2, 0.25) is 0 Å². The van der Waals surface area contributed by atoms with Crippen molar-refractivity contribution < 1.29 is 23.8 Å². The number of anilines is 1. The zero-order valence-corrected chi connectivity index (χ0v) is 16.2. The smallest absolute Gasteiger partial charge is 0.294 e. The van der Waals surface area contributed by atoms with Gasteiger partial charge in [-0.2, -0.15) is 0 Å². The van der Waals surface area contributed by atoms with Crippen molar-refractivity contribution in [2.45, 2.75) is 6.04 Å². The first kappa shape index (κ1) is 18.9. The Morgan fingerprint density at radius 3 is 2.45 bits per heavy atom. The molecular weight excluding hydrogens is 393 g/mol. The molecule has 7 heteroatoms. The molecule has 0 spiro atoms. The first-order valence-electron chi connectivity index (χ1n) is 8.76. The SMILES string of the molecule is COc1ccc(N2C(=O)C(O)=C(C(=O)c3cccs3)C2c2ccccc2F)cc1. The molecule has 0 aliphatic carbocycles. The maximum absolute atomic E-state index is 14.7. The van der Waals surface area contributed by atoms with Crippen LogP contribution in [-0.4, -0.2) is 23.9 Å². The summed E-state index contributed by atoms with van der Waals surface area (Å²) in [7, 11) is 1.52. The molecule has 1 atom stereocenters. The van der Waals surface area contributed by atoms with Crippen molar-refractivity contribution in [2.24, 2.45) is 0 Å². The summed E-state index contributed by atoms with van der Waals surface area (Å²) in [5.74, 6) is -1.93. The Morgan fingerprint density at radius 1 is 1.10 bits per heavy atom. The Kier molecular flexibility index (Phi) is 4.90. The summed E-state index contributed by atoms with van der Waals surface area (Å²) >= 11 is 1.19. The molecule has 2 heterocycles. The minimum absolute atomic E-state index is 0.126. The highest BCUT2D eigenvalue weighted by Gasteiger charge is 2.45. The number of amides is 1. The Bertz CT molecular complexity index is 1110. The van der Waals surface area contributed by atoms with Crippen molar-refractivity contribution in [1.29, 1.82) is 0 Å². The molecule has 1 N–H and O–H groups in total. The number of carbonyl (C=O) groups is 2. The highest BCUT2D eigenvalue weighted by atomic mass is 32.1. The van der Waals surface area contributed by atoms with Gasteiger partial charge >= 0.3 is 0 Å². The fourth-order valence-electron chi connectivity index (χ4n) is 3.38. The standard InChI is InChI=1S/C22H16FNO4S/c1-28-14-10-8-13(9-11-14)24-19(15-5-2-3-6-16(15)23)18(21(26)22(24)27)20(25)17-7-4-12-29-17/h2-12,19,26H,1H3. The Labute approximate surface area is 170 Å².